The Kier molecular flexibility index (Phi) is 8.27. The molecular formula is C21H28ClN3O4S2. The average molecular weight is 486 g/mol. The van der Waals surface area contributed by atoms with Gasteiger partial charge in [0.25, 0.3) is 5.91 Å². The number of amides is 2. The molecule has 0 aliphatic carbocycles. The first-order chi connectivity index (χ1) is 14.1. The number of rotatable bonds is 7. The van der Waals surface area contributed by atoms with Gasteiger partial charge in [-0.15, -0.1) is 23.7 Å². The zero-order chi connectivity index (χ0) is 22.1. The Labute approximate surface area is 193 Å². The maximum absolute atomic E-state index is 12.6. The Bertz CT molecular complexity index is 1060. The molecule has 1 aliphatic rings. The number of thiophene rings is 1. The van der Waals surface area contributed by atoms with Crippen LogP contribution in [0.5, 0.6) is 0 Å². The van der Waals surface area contributed by atoms with E-state index in [-0.39, 0.29) is 29.6 Å². The minimum absolute atomic E-state index is 0. The Morgan fingerprint density at radius 2 is 1.87 bits per heavy atom. The number of nitrogens with two attached hydrogens (primary N) is 1. The Balaban J connectivity index is 0.00000341. The normalized spacial score (nSPS) is 14.1. The van der Waals surface area contributed by atoms with Gasteiger partial charge >= 0.3 is 0 Å². The fraction of sp³-hybridized carbons (Fsp3) is 0.429. The molecule has 1 aliphatic heterocycles. The van der Waals surface area contributed by atoms with Crippen LogP contribution < -0.4 is 11.1 Å². The minimum atomic E-state index is -3.35. The number of hydrogen-bond donors (Lipinski definition) is 2. The van der Waals surface area contributed by atoms with Gasteiger partial charge in [-0.3, -0.25) is 14.5 Å². The van der Waals surface area contributed by atoms with Crippen LogP contribution in [0.4, 0.5) is 5.00 Å². The monoisotopic (exact) mass is 485 g/mol. The lowest BCUT2D eigenvalue weighted by atomic mass is 10.0. The second kappa shape index (κ2) is 10.1. The number of likely N-dealkylation sites (N-methyl/N-ethyl adjacent to an activating group) is 1. The van der Waals surface area contributed by atoms with Crippen molar-refractivity contribution < 1.29 is 18.0 Å². The predicted molar refractivity (Wildman–Crippen MR) is 126 cm³/mol. The molecule has 0 bridgehead atoms. The molecule has 0 atom stereocenters. The van der Waals surface area contributed by atoms with Crippen LogP contribution in [0.1, 0.15) is 47.1 Å². The summed E-state index contributed by atoms with van der Waals surface area (Å²) in [7, 11) is -3.35. The summed E-state index contributed by atoms with van der Waals surface area (Å²) >= 11 is 1.40. The van der Waals surface area contributed by atoms with Crippen LogP contribution in [0.2, 0.25) is 0 Å². The highest BCUT2D eigenvalue weighted by atomic mass is 35.5. The van der Waals surface area contributed by atoms with Gasteiger partial charge in [-0.05, 0) is 50.1 Å². The van der Waals surface area contributed by atoms with Crippen molar-refractivity contribution in [3.05, 3.63) is 45.8 Å². The van der Waals surface area contributed by atoms with E-state index >= 15 is 0 Å². The fourth-order valence-corrected chi connectivity index (χ4v) is 5.87. The molecule has 0 saturated carbocycles. The summed E-state index contributed by atoms with van der Waals surface area (Å²) in [5, 5.41) is 2.82. The van der Waals surface area contributed by atoms with Gasteiger partial charge in [0.1, 0.15) is 5.00 Å². The van der Waals surface area contributed by atoms with Gasteiger partial charge in [0.05, 0.1) is 22.1 Å². The minimum Gasteiger partial charge on any atom is -0.365 e. The van der Waals surface area contributed by atoms with Crippen molar-refractivity contribution in [2.24, 2.45) is 5.73 Å². The third kappa shape index (κ3) is 5.46. The molecule has 0 unspecified atom stereocenters. The Morgan fingerprint density at radius 3 is 2.42 bits per heavy atom. The first-order valence-corrected chi connectivity index (χ1v) is 12.3. The highest BCUT2D eigenvalue weighted by Crippen LogP contribution is 2.37. The number of benzene rings is 1. The smallest absolute Gasteiger partial charge is 0.251 e. The second-order valence-electron chi connectivity index (χ2n) is 7.65. The van der Waals surface area contributed by atoms with E-state index in [9.17, 15) is 18.0 Å². The van der Waals surface area contributed by atoms with E-state index in [0.29, 0.717) is 16.1 Å². The predicted octanol–water partition coefficient (Wildman–Crippen LogP) is 3.01. The van der Waals surface area contributed by atoms with Crippen molar-refractivity contribution in [3.8, 4) is 0 Å². The summed E-state index contributed by atoms with van der Waals surface area (Å²) in [6, 6.07) is 6.33. The largest absolute Gasteiger partial charge is 0.365 e. The van der Waals surface area contributed by atoms with Crippen molar-refractivity contribution in [3.63, 3.8) is 0 Å². The van der Waals surface area contributed by atoms with Crippen LogP contribution >= 0.6 is 23.7 Å². The van der Waals surface area contributed by atoms with E-state index in [4.69, 9.17) is 5.73 Å². The summed E-state index contributed by atoms with van der Waals surface area (Å²) in [6.07, 6.45) is 0.809. The van der Waals surface area contributed by atoms with Crippen molar-refractivity contribution in [2.45, 2.75) is 50.3 Å². The van der Waals surface area contributed by atoms with E-state index in [1.807, 2.05) is 0 Å². The first-order valence-electron chi connectivity index (χ1n) is 9.92. The standard InChI is InChI=1S/C21H27N3O4S2.ClH/c1-4-24-10-9-16-17(12-24)29-21(19(16)20(22)26)23-18(25)11-14-5-7-15(8-6-14)30(27,28)13(2)3;/h5-8,13H,4,9-12H2,1-3H3,(H2,22,26)(H,23,25);1H. The summed E-state index contributed by atoms with van der Waals surface area (Å²) in [6.45, 7) is 7.89. The molecule has 1 aromatic heterocycles. The maximum atomic E-state index is 12.6. The lowest BCUT2D eigenvalue weighted by Crippen LogP contribution is -2.30. The maximum Gasteiger partial charge on any atom is 0.251 e. The molecule has 3 N–H and O–H groups in total. The second-order valence-corrected chi connectivity index (χ2v) is 11.3. The van der Waals surface area contributed by atoms with Gasteiger partial charge in [-0.25, -0.2) is 8.42 Å². The lowest BCUT2D eigenvalue weighted by Gasteiger charge is -2.25. The van der Waals surface area contributed by atoms with E-state index in [0.717, 1.165) is 36.5 Å². The molecular weight excluding hydrogens is 458 g/mol. The quantitative estimate of drug-likeness (QED) is 0.626. The molecule has 0 radical (unpaired) electrons. The number of sulfone groups is 1. The molecule has 10 heteroatoms. The molecule has 1 aromatic carbocycles. The molecule has 0 fully saturated rings. The first kappa shape index (κ1) is 25.3. The van der Waals surface area contributed by atoms with Gasteiger partial charge in [0, 0.05) is 18.0 Å². The summed E-state index contributed by atoms with van der Waals surface area (Å²) in [5.41, 5.74) is 7.65. The molecule has 3 rings (SSSR count). The van der Waals surface area contributed by atoms with Crippen LogP contribution in [-0.2, 0) is 34.0 Å². The molecule has 2 heterocycles. The third-order valence-electron chi connectivity index (χ3n) is 5.32. The number of fused-ring (bicyclic) bond motifs is 1. The molecule has 2 amide bonds. The van der Waals surface area contributed by atoms with E-state index in [1.165, 1.54) is 23.5 Å². The molecule has 170 valence electrons. The van der Waals surface area contributed by atoms with Crippen molar-refractivity contribution >= 4 is 50.4 Å². The summed E-state index contributed by atoms with van der Waals surface area (Å²) in [4.78, 5) is 28.2. The van der Waals surface area contributed by atoms with Crippen LogP contribution in [0.15, 0.2) is 29.2 Å². The zero-order valence-electron chi connectivity index (χ0n) is 17.8. The SMILES string of the molecule is CCN1CCc2c(sc(NC(=O)Cc3ccc(S(=O)(=O)C(C)C)cc3)c2C(N)=O)C1.Cl. The van der Waals surface area contributed by atoms with Crippen LogP contribution in [0, 0.1) is 0 Å². The Hall–Kier alpha value is -1.94. The van der Waals surface area contributed by atoms with Crippen molar-refractivity contribution in [2.75, 3.05) is 18.4 Å². The third-order valence-corrected chi connectivity index (χ3v) is 8.62. The number of hydrogen-bond acceptors (Lipinski definition) is 6. The molecule has 2 aromatic rings. The van der Waals surface area contributed by atoms with Gasteiger partial charge < -0.3 is 11.1 Å². The van der Waals surface area contributed by atoms with Gasteiger partial charge in [0.2, 0.25) is 5.91 Å². The van der Waals surface area contributed by atoms with Crippen molar-refractivity contribution in [1.82, 2.24) is 4.90 Å². The van der Waals surface area contributed by atoms with Gasteiger partial charge in [-0.1, -0.05) is 19.1 Å². The lowest BCUT2D eigenvalue weighted by molar-refractivity contribution is -0.115. The number of anilines is 1. The number of primary amides is 1. The van der Waals surface area contributed by atoms with Crippen LogP contribution in [0.25, 0.3) is 0 Å². The number of nitrogens with one attached hydrogen (secondary N) is 1. The van der Waals surface area contributed by atoms with E-state index < -0.39 is 21.0 Å². The van der Waals surface area contributed by atoms with Gasteiger partial charge in [0.15, 0.2) is 9.84 Å². The van der Waals surface area contributed by atoms with E-state index in [2.05, 4.69) is 17.1 Å². The van der Waals surface area contributed by atoms with Crippen LogP contribution in [0.3, 0.4) is 0 Å². The highest BCUT2D eigenvalue weighted by molar-refractivity contribution is 7.92. The summed E-state index contributed by atoms with van der Waals surface area (Å²) < 4.78 is 24.4. The number of halogens is 1. The molecule has 0 spiro atoms. The van der Waals surface area contributed by atoms with Crippen molar-refractivity contribution in [1.29, 1.82) is 0 Å². The zero-order valence-corrected chi connectivity index (χ0v) is 20.3. The van der Waals surface area contributed by atoms with Crippen LogP contribution in [-0.4, -0.2) is 43.5 Å². The highest BCUT2D eigenvalue weighted by Gasteiger charge is 2.27. The fourth-order valence-electron chi connectivity index (χ4n) is 3.50. The molecule has 31 heavy (non-hydrogen) atoms. The average Bonchev–Trinajstić information content (AvgIpc) is 3.04. The summed E-state index contributed by atoms with van der Waals surface area (Å²) in [5.74, 6) is -0.807. The van der Waals surface area contributed by atoms with Gasteiger partial charge in [-0.2, -0.15) is 0 Å². The topological polar surface area (TPSA) is 110 Å². The number of carbonyl (C=O) groups excluding carboxylic acids is 2. The number of nitrogens with zero attached hydrogens (tertiary/aromatic N) is 1. The number of carbonyl (C=O) groups is 2. The molecule has 0 saturated heterocycles. The van der Waals surface area contributed by atoms with E-state index in [1.54, 1.807) is 26.0 Å². The molecule has 7 nitrogen and oxygen atoms in total. The Morgan fingerprint density at radius 1 is 1.23 bits per heavy atom.